The number of amides is 1. The first-order valence-corrected chi connectivity index (χ1v) is 13.8. The Bertz CT molecular complexity index is 1050. The summed E-state index contributed by atoms with van der Waals surface area (Å²) in [5, 5.41) is 1.50. The van der Waals surface area contributed by atoms with Gasteiger partial charge in [0.25, 0.3) is 11.1 Å². The summed E-state index contributed by atoms with van der Waals surface area (Å²) in [6.07, 6.45) is -0.992. The number of nitrogens with one attached hydrogen (secondary N) is 2. The zero-order valence-corrected chi connectivity index (χ0v) is 24.2. The van der Waals surface area contributed by atoms with Crippen LogP contribution in [0.25, 0.3) is 0 Å². The average Bonchev–Trinajstić information content (AvgIpc) is 2.66. The molecule has 0 bridgehead atoms. The van der Waals surface area contributed by atoms with E-state index in [1.54, 1.807) is 0 Å². The van der Waals surface area contributed by atoms with Crippen LogP contribution in [0.3, 0.4) is 0 Å². The summed E-state index contributed by atoms with van der Waals surface area (Å²) in [4.78, 5) is 47.2. The number of rotatable bonds is 10. The minimum Gasteiger partial charge on any atom is -0.462 e. The number of hydrogen-bond donors (Lipinski definition) is 2. The van der Waals surface area contributed by atoms with Crippen molar-refractivity contribution in [2.45, 2.75) is 20.0 Å². The number of hydrogen-bond acceptors (Lipinski definition) is 8. The van der Waals surface area contributed by atoms with Crippen LogP contribution in [-0.2, 0) is 29.1 Å². The number of benzene rings is 1. The van der Waals surface area contributed by atoms with E-state index in [2.05, 4.69) is 73.8 Å². The van der Waals surface area contributed by atoms with E-state index in [1.165, 1.54) is 6.92 Å². The van der Waals surface area contributed by atoms with Crippen LogP contribution in [0.4, 0.5) is 5.69 Å². The monoisotopic (exact) mass is 746 g/mol. The molecular weight excluding hydrogens is 735 g/mol. The molecule has 0 saturated carbocycles. The van der Waals surface area contributed by atoms with Crippen LogP contribution < -0.4 is 10.0 Å². The lowest BCUT2D eigenvalue weighted by atomic mass is 10.1. The van der Waals surface area contributed by atoms with Crippen molar-refractivity contribution in [2.24, 2.45) is 0 Å². The van der Waals surface area contributed by atoms with Crippen molar-refractivity contribution in [1.29, 1.82) is 0 Å². The second-order valence-electron chi connectivity index (χ2n) is 5.91. The van der Waals surface area contributed by atoms with Crippen LogP contribution in [0.1, 0.15) is 34.6 Å². The molecule has 0 aliphatic carbocycles. The molecule has 1 rings (SSSR count). The van der Waals surface area contributed by atoms with Crippen molar-refractivity contribution in [1.82, 2.24) is 5.32 Å². The van der Waals surface area contributed by atoms with Crippen LogP contribution in [0.15, 0.2) is 13.4 Å². The van der Waals surface area contributed by atoms with Crippen LogP contribution >= 0.6 is 75.3 Å². The van der Waals surface area contributed by atoms with Crippen LogP contribution in [0.5, 0.6) is 0 Å². The molecule has 1 unspecified atom stereocenters. The quantitative estimate of drug-likeness (QED) is 0.210. The number of sulfonamides is 1. The fourth-order valence-corrected chi connectivity index (χ4v) is 6.68. The van der Waals surface area contributed by atoms with Crippen molar-refractivity contribution in [3.8, 4) is 0 Å². The smallest absolute Gasteiger partial charge is 0.303 e. The highest BCUT2D eigenvalue weighted by Gasteiger charge is 2.29. The van der Waals surface area contributed by atoms with Crippen LogP contribution in [0, 0.1) is 0 Å². The molecule has 0 aliphatic rings. The first-order chi connectivity index (χ1) is 14.7. The number of carbonyl (C=O) groups excluding carboxylic acids is 4. The van der Waals surface area contributed by atoms with Crippen molar-refractivity contribution < 1.29 is 37.1 Å². The van der Waals surface area contributed by atoms with Gasteiger partial charge in [0.15, 0.2) is 6.10 Å². The maximum Gasteiger partial charge on any atom is 0.303 e. The van der Waals surface area contributed by atoms with Gasteiger partial charge in [-0.2, -0.15) is 0 Å². The summed E-state index contributed by atoms with van der Waals surface area (Å²) >= 11 is 17.9. The molecule has 16 heteroatoms. The predicted octanol–water partition coefficient (Wildman–Crippen LogP) is 3.67. The summed E-state index contributed by atoms with van der Waals surface area (Å²) in [7, 11) is -3.87. The Kier molecular flexibility index (Phi) is 11.6. The van der Waals surface area contributed by atoms with Gasteiger partial charge in [0, 0.05) is 18.3 Å². The van der Waals surface area contributed by atoms with Gasteiger partial charge in [0.2, 0.25) is 10.0 Å². The SMILES string of the molecule is CC(=O)OCC(CNC(=O)c1c(Br)c(NS(=O)(=O)CBr)c(Br)c(C(=O)Cl)c1Br)OC(C)=O. The molecule has 0 aromatic heterocycles. The van der Waals surface area contributed by atoms with E-state index < -0.39 is 43.9 Å². The number of ether oxygens (including phenoxy) is 2. The Balaban J connectivity index is 3.38. The van der Waals surface area contributed by atoms with Gasteiger partial charge in [-0.25, -0.2) is 8.42 Å². The molecule has 1 amide bonds. The van der Waals surface area contributed by atoms with Gasteiger partial charge in [0.1, 0.15) is 11.3 Å². The Morgan fingerprint density at radius 2 is 1.56 bits per heavy atom. The van der Waals surface area contributed by atoms with E-state index >= 15 is 0 Å². The maximum atomic E-state index is 12.9. The molecular formula is C16H15Br4ClN2O8S. The minimum atomic E-state index is -3.87. The standard InChI is InChI=1S/C16H15Br4ClN2O8S/c1-6(24)30-4-8(31-7(2)25)3-22-16(27)10-11(18)9(15(21)26)12(19)14(13(10)20)23-32(28,29)5-17/h8,23H,3-5H2,1-2H3,(H,22,27). The molecule has 2 N–H and O–H groups in total. The van der Waals surface area contributed by atoms with Gasteiger partial charge in [-0.3, -0.25) is 23.9 Å². The first kappa shape index (κ1) is 29.3. The Hall–Kier alpha value is -0.740. The lowest BCUT2D eigenvalue weighted by Gasteiger charge is -2.20. The minimum absolute atomic E-state index is 0.00928. The molecule has 10 nitrogen and oxygen atoms in total. The van der Waals surface area contributed by atoms with Crippen molar-refractivity contribution in [3.05, 3.63) is 24.5 Å². The third kappa shape index (κ3) is 8.24. The van der Waals surface area contributed by atoms with Gasteiger partial charge in [-0.05, 0) is 59.4 Å². The second kappa shape index (κ2) is 12.6. The summed E-state index contributed by atoms with van der Waals surface area (Å²) in [6, 6.07) is 0. The molecule has 0 aliphatic heterocycles. The van der Waals surface area contributed by atoms with E-state index in [0.717, 1.165) is 6.92 Å². The highest BCUT2D eigenvalue weighted by molar-refractivity contribution is 9.12. The van der Waals surface area contributed by atoms with Crippen molar-refractivity contribution in [2.75, 3.05) is 22.5 Å². The highest BCUT2D eigenvalue weighted by Crippen LogP contribution is 2.43. The van der Waals surface area contributed by atoms with Gasteiger partial charge >= 0.3 is 11.9 Å². The second-order valence-corrected chi connectivity index (χ2v) is 11.7. The third-order valence-corrected chi connectivity index (χ3v) is 8.62. The fraction of sp³-hybridized carbons (Fsp3) is 0.375. The molecule has 1 aromatic rings. The van der Waals surface area contributed by atoms with Crippen molar-refractivity contribution >= 4 is 114 Å². The average molecular weight is 750 g/mol. The molecule has 178 valence electrons. The van der Waals surface area contributed by atoms with Crippen LogP contribution in [0.2, 0.25) is 0 Å². The normalized spacial score (nSPS) is 12.0. The Morgan fingerprint density at radius 3 is 2.03 bits per heavy atom. The topological polar surface area (TPSA) is 145 Å². The lowest BCUT2D eigenvalue weighted by molar-refractivity contribution is -0.155. The van der Waals surface area contributed by atoms with Crippen LogP contribution in [-0.4, -0.2) is 55.4 Å². The molecule has 32 heavy (non-hydrogen) atoms. The summed E-state index contributed by atoms with van der Waals surface area (Å²) in [5.41, 5.74) is -0.513. The number of alkyl halides is 1. The molecule has 0 fully saturated rings. The van der Waals surface area contributed by atoms with Gasteiger partial charge < -0.3 is 14.8 Å². The van der Waals surface area contributed by atoms with Gasteiger partial charge in [0.05, 0.1) is 32.3 Å². The lowest BCUT2D eigenvalue weighted by Crippen LogP contribution is -2.38. The molecule has 0 radical (unpaired) electrons. The molecule has 0 saturated heterocycles. The van der Waals surface area contributed by atoms with E-state index in [0.29, 0.717) is 0 Å². The van der Waals surface area contributed by atoms with E-state index in [-0.39, 0.29) is 43.4 Å². The van der Waals surface area contributed by atoms with E-state index in [9.17, 15) is 27.6 Å². The molecule has 1 atom stereocenters. The summed E-state index contributed by atoms with van der Waals surface area (Å²) in [6.45, 7) is 1.75. The number of carbonyl (C=O) groups is 4. The third-order valence-electron chi connectivity index (χ3n) is 3.44. The predicted molar refractivity (Wildman–Crippen MR) is 131 cm³/mol. The summed E-state index contributed by atoms with van der Waals surface area (Å²) in [5.74, 6) is -2.06. The molecule has 1 aromatic carbocycles. The highest BCUT2D eigenvalue weighted by atomic mass is 79.9. The van der Waals surface area contributed by atoms with E-state index in [4.69, 9.17) is 21.1 Å². The largest absolute Gasteiger partial charge is 0.462 e. The maximum absolute atomic E-state index is 12.9. The van der Waals surface area contributed by atoms with Gasteiger partial charge in [-0.1, -0.05) is 15.9 Å². The molecule has 0 spiro atoms. The van der Waals surface area contributed by atoms with Gasteiger partial charge in [-0.15, -0.1) is 0 Å². The summed E-state index contributed by atoms with van der Waals surface area (Å²) < 4.78 is 35.6. The number of anilines is 1. The van der Waals surface area contributed by atoms with E-state index in [1.807, 2.05) is 0 Å². The van der Waals surface area contributed by atoms with Crippen molar-refractivity contribution in [3.63, 3.8) is 0 Å². The zero-order chi connectivity index (χ0) is 24.8. The number of halogens is 5. The molecule has 0 heterocycles. The number of esters is 2. The first-order valence-electron chi connectivity index (χ1n) is 8.27. The zero-order valence-electron chi connectivity index (χ0n) is 16.3. The Morgan fingerprint density at radius 1 is 1.00 bits per heavy atom. The fourth-order valence-electron chi connectivity index (χ4n) is 2.18. The Labute approximate surface area is 222 Å².